The van der Waals surface area contributed by atoms with Crippen molar-refractivity contribution in [3.63, 3.8) is 0 Å². The number of aryl methyl sites for hydroxylation is 2. The highest BCUT2D eigenvalue weighted by Gasteiger charge is 2.40. The van der Waals surface area contributed by atoms with Crippen molar-refractivity contribution in [2.45, 2.75) is 64.2 Å². The van der Waals surface area contributed by atoms with Gasteiger partial charge in [-0.25, -0.2) is 9.07 Å². The van der Waals surface area contributed by atoms with Crippen molar-refractivity contribution in [1.82, 2.24) is 15.1 Å². The zero-order valence-corrected chi connectivity index (χ0v) is 22.8. The summed E-state index contributed by atoms with van der Waals surface area (Å²) in [7, 11) is 0. The Balaban J connectivity index is 1.77. The summed E-state index contributed by atoms with van der Waals surface area (Å²) >= 11 is 1.46. The summed E-state index contributed by atoms with van der Waals surface area (Å²) in [5.41, 5.74) is 5.08. The lowest BCUT2D eigenvalue weighted by molar-refractivity contribution is -0.123. The van der Waals surface area contributed by atoms with Gasteiger partial charge in [-0.2, -0.15) is 5.10 Å². The second-order valence-corrected chi connectivity index (χ2v) is 12.2. The maximum absolute atomic E-state index is 14.4. The number of hydrogen-bond acceptors (Lipinski definition) is 4. The van der Waals surface area contributed by atoms with Crippen LogP contribution in [-0.4, -0.2) is 39.9 Å². The number of anilines is 1. The molecule has 0 bridgehead atoms. The van der Waals surface area contributed by atoms with Crippen LogP contribution in [0, 0.1) is 19.7 Å². The van der Waals surface area contributed by atoms with Gasteiger partial charge in [-0.05, 0) is 56.0 Å². The largest absolute Gasteiger partial charge is 0.352 e. The van der Waals surface area contributed by atoms with Crippen molar-refractivity contribution >= 4 is 29.4 Å². The average Bonchev–Trinajstić information content (AvgIpc) is 3.56. The first kappa shape index (κ1) is 25.5. The molecular weight excluding hydrogens is 487 g/mol. The first-order chi connectivity index (χ1) is 17.5. The van der Waals surface area contributed by atoms with Crippen LogP contribution in [0.4, 0.5) is 10.2 Å². The molecule has 0 radical (unpaired) electrons. The summed E-state index contributed by atoms with van der Waals surface area (Å²) in [6.45, 7) is 10.2. The molecule has 0 spiro atoms. The van der Waals surface area contributed by atoms with Gasteiger partial charge in [0, 0.05) is 17.0 Å². The van der Waals surface area contributed by atoms with E-state index in [-0.39, 0.29) is 46.6 Å². The van der Waals surface area contributed by atoms with Crippen molar-refractivity contribution in [3.8, 4) is 5.69 Å². The first-order valence-electron chi connectivity index (χ1n) is 12.7. The van der Waals surface area contributed by atoms with Gasteiger partial charge < -0.3 is 5.32 Å². The standard InChI is InChI=1S/C29H33FN4O2S/c1-17-9-12-22(18(2)13-17)34-28-25(27(32-34)29(3,4)5)26(19-7-6-8-20(30)14-19)37-16-24(36)33(28)15-23(35)31-21-10-11-21/h6-9,12-14,21,26H,10-11,15-16H2,1-5H3,(H,31,35)/t26-/m1/s1. The lowest BCUT2D eigenvalue weighted by atomic mass is 9.87. The summed E-state index contributed by atoms with van der Waals surface area (Å²) in [5, 5.41) is 7.81. The number of nitrogens with zero attached hydrogens (tertiary/aromatic N) is 3. The van der Waals surface area contributed by atoms with Gasteiger partial charge in [0.05, 0.1) is 22.4 Å². The third-order valence-corrected chi connectivity index (χ3v) is 8.03. The fourth-order valence-corrected chi connectivity index (χ4v) is 6.05. The van der Waals surface area contributed by atoms with E-state index in [4.69, 9.17) is 5.10 Å². The molecule has 1 fully saturated rings. The lowest BCUT2D eigenvalue weighted by Crippen LogP contribution is -2.43. The molecule has 1 atom stereocenters. The summed E-state index contributed by atoms with van der Waals surface area (Å²) in [6, 6.07) is 12.9. The first-order valence-corrected chi connectivity index (χ1v) is 13.8. The van der Waals surface area contributed by atoms with E-state index >= 15 is 0 Å². The zero-order valence-electron chi connectivity index (χ0n) is 22.0. The smallest absolute Gasteiger partial charge is 0.240 e. The molecule has 0 saturated heterocycles. The monoisotopic (exact) mass is 520 g/mol. The number of rotatable bonds is 5. The molecule has 1 aromatic heterocycles. The number of amides is 2. The Labute approximate surface area is 221 Å². The van der Waals surface area contributed by atoms with Crippen LogP contribution < -0.4 is 10.2 Å². The van der Waals surface area contributed by atoms with Crippen molar-refractivity contribution < 1.29 is 14.0 Å². The quantitative estimate of drug-likeness (QED) is 0.491. The van der Waals surface area contributed by atoms with E-state index < -0.39 is 0 Å². The molecule has 194 valence electrons. The van der Waals surface area contributed by atoms with Crippen LogP contribution in [0.5, 0.6) is 0 Å². The van der Waals surface area contributed by atoms with Crippen LogP contribution in [0.15, 0.2) is 42.5 Å². The number of fused-ring (bicyclic) bond motifs is 1. The van der Waals surface area contributed by atoms with Gasteiger partial charge in [0.1, 0.15) is 18.2 Å². The normalized spacial score (nSPS) is 17.9. The molecule has 0 unspecified atom stereocenters. The van der Waals surface area contributed by atoms with E-state index in [0.29, 0.717) is 5.82 Å². The second-order valence-electron chi connectivity index (χ2n) is 11.1. The Kier molecular flexibility index (Phi) is 6.64. The van der Waals surface area contributed by atoms with Crippen molar-refractivity contribution in [2.75, 3.05) is 17.2 Å². The third kappa shape index (κ3) is 5.17. The molecule has 3 aromatic rings. The molecule has 37 heavy (non-hydrogen) atoms. The van der Waals surface area contributed by atoms with Gasteiger partial charge in [0.25, 0.3) is 0 Å². The van der Waals surface area contributed by atoms with E-state index in [1.807, 2.05) is 36.7 Å². The molecule has 1 aliphatic heterocycles. The molecule has 1 saturated carbocycles. The highest BCUT2D eigenvalue weighted by Crippen LogP contribution is 2.48. The van der Waals surface area contributed by atoms with Gasteiger partial charge >= 0.3 is 0 Å². The molecular formula is C29H33FN4O2S. The van der Waals surface area contributed by atoms with Gasteiger partial charge in [0.2, 0.25) is 11.8 Å². The Morgan fingerprint density at radius 3 is 2.57 bits per heavy atom. The molecule has 6 nitrogen and oxygen atoms in total. The summed E-state index contributed by atoms with van der Waals surface area (Å²) in [6.07, 6.45) is 1.94. The fraction of sp³-hybridized carbons (Fsp3) is 0.414. The number of hydrogen-bond donors (Lipinski definition) is 1. The van der Waals surface area contributed by atoms with Gasteiger partial charge in [-0.3, -0.25) is 14.5 Å². The van der Waals surface area contributed by atoms with Crippen LogP contribution >= 0.6 is 11.8 Å². The number of nitrogens with one attached hydrogen (secondary N) is 1. The Morgan fingerprint density at radius 2 is 1.92 bits per heavy atom. The van der Waals surface area contributed by atoms with E-state index in [1.54, 1.807) is 11.0 Å². The Bertz CT molecular complexity index is 1370. The molecule has 8 heteroatoms. The van der Waals surface area contributed by atoms with Gasteiger partial charge in [-0.1, -0.05) is 50.6 Å². The minimum absolute atomic E-state index is 0.0844. The SMILES string of the molecule is Cc1ccc(-n2nc(C(C)(C)C)c3c2N(CC(=O)NC2CC2)C(=O)CS[C@@H]3c2cccc(F)c2)c(C)c1. The lowest BCUT2D eigenvalue weighted by Gasteiger charge is -2.25. The predicted octanol–water partition coefficient (Wildman–Crippen LogP) is 5.37. The van der Waals surface area contributed by atoms with Gasteiger partial charge in [0.15, 0.2) is 0 Å². The number of aromatic nitrogens is 2. The summed E-state index contributed by atoms with van der Waals surface area (Å²) < 4.78 is 16.2. The molecule has 2 amide bonds. The Morgan fingerprint density at radius 1 is 1.16 bits per heavy atom. The number of halogens is 1. The topological polar surface area (TPSA) is 67.2 Å². The number of carbonyl (C=O) groups is 2. The van der Waals surface area contributed by atoms with E-state index in [9.17, 15) is 14.0 Å². The maximum Gasteiger partial charge on any atom is 0.240 e. The fourth-order valence-electron chi connectivity index (χ4n) is 4.86. The third-order valence-electron chi connectivity index (χ3n) is 6.78. The van der Waals surface area contributed by atoms with E-state index in [2.05, 4.69) is 32.2 Å². The number of benzene rings is 2. The number of thioether (sulfide) groups is 1. The molecule has 2 heterocycles. The van der Waals surface area contributed by atoms with Crippen molar-refractivity contribution in [3.05, 3.63) is 76.2 Å². The van der Waals surface area contributed by atoms with Crippen LogP contribution in [0.1, 0.15) is 66.8 Å². The van der Waals surface area contributed by atoms with Crippen LogP contribution in [-0.2, 0) is 15.0 Å². The highest BCUT2D eigenvalue weighted by molar-refractivity contribution is 8.00. The van der Waals surface area contributed by atoms with Gasteiger partial charge in [-0.15, -0.1) is 11.8 Å². The molecule has 1 N–H and O–H groups in total. The highest BCUT2D eigenvalue weighted by atomic mass is 32.2. The predicted molar refractivity (Wildman–Crippen MR) is 146 cm³/mol. The summed E-state index contributed by atoms with van der Waals surface area (Å²) in [4.78, 5) is 28.2. The molecule has 2 aromatic carbocycles. The minimum atomic E-state index is -0.366. The van der Waals surface area contributed by atoms with Crippen LogP contribution in [0.25, 0.3) is 5.69 Å². The molecule has 1 aliphatic carbocycles. The second kappa shape index (κ2) is 9.63. The van der Waals surface area contributed by atoms with Crippen LogP contribution in [0.2, 0.25) is 0 Å². The van der Waals surface area contributed by atoms with Crippen molar-refractivity contribution in [1.29, 1.82) is 0 Å². The zero-order chi connectivity index (χ0) is 26.5. The number of carbonyl (C=O) groups excluding carboxylic acids is 2. The average molecular weight is 521 g/mol. The van der Waals surface area contributed by atoms with E-state index in [1.165, 1.54) is 23.9 Å². The maximum atomic E-state index is 14.4. The minimum Gasteiger partial charge on any atom is -0.352 e. The van der Waals surface area contributed by atoms with Crippen molar-refractivity contribution in [2.24, 2.45) is 0 Å². The Hall–Kier alpha value is -3.13. The molecule has 2 aliphatic rings. The van der Waals surface area contributed by atoms with Crippen LogP contribution in [0.3, 0.4) is 0 Å². The summed E-state index contributed by atoms with van der Waals surface area (Å²) in [5.74, 6) is 0.0921. The van der Waals surface area contributed by atoms with E-state index in [0.717, 1.165) is 46.5 Å². The molecule has 5 rings (SSSR count).